The zero-order valence-corrected chi connectivity index (χ0v) is 12.7. The molecule has 1 fully saturated rings. The first-order valence-electron chi connectivity index (χ1n) is 7.49. The summed E-state index contributed by atoms with van der Waals surface area (Å²) in [6.45, 7) is 4.17. The third-order valence-corrected chi connectivity index (χ3v) is 4.37. The van der Waals surface area contributed by atoms with Crippen molar-refractivity contribution in [1.29, 1.82) is 0 Å². The van der Waals surface area contributed by atoms with Crippen LogP contribution >= 0.6 is 0 Å². The highest BCUT2D eigenvalue weighted by Crippen LogP contribution is 2.26. The van der Waals surface area contributed by atoms with Crippen molar-refractivity contribution in [2.24, 2.45) is 5.92 Å². The molecule has 1 aromatic carbocycles. The van der Waals surface area contributed by atoms with Crippen LogP contribution in [0.1, 0.15) is 35.9 Å². The molecule has 0 radical (unpaired) electrons. The molecule has 0 aliphatic carbocycles. The van der Waals surface area contributed by atoms with Crippen molar-refractivity contribution in [2.45, 2.75) is 32.7 Å². The van der Waals surface area contributed by atoms with Crippen LogP contribution in [0.2, 0.25) is 0 Å². The zero-order valence-electron chi connectivity index (χ0n) is 12.7. The molecule has 2 aromatic rings. The maximum Gasteiger partial charge on any atom is 0.308 e. The maximum absolute atomic E-state index is 12.7. The summed E-state index contributed by atoms with van der Waals surface area (Å²) in [6.07, 6.45) is 1.31. The number of aliphatic carboxylic acids is 1. The Morgan fingerprint density at radius 1 is 1.27 bits per heavy atom. The van der Waals surface area contributed by atoms with Gasteiger partial charge in [0, 0.05) is 18.0 Å². The molecule has 5 heteroatoms. The van der Waals surface area contributed by atoms with Crippen LogP contribution in [0.3, 0.4) is 0 Å². The van der Waals surface area contributed by atoms with Crippen LogP contribution in [0.5, 0.6) is 0 Å². The Hall–Kier alpha value is -2.30. The van der Waals surface area contributed by atoms with E-state index in [9.17, 15) is 14.7 Å². The van der Waals surface area contributed by atoms with Crippen LogP contribution in [-0.2, 0) is 4.79 Å². The Kier molecular flexibility index (Phi) is 3.64. The molecule has 116 valence electrons. The Labute approximate surface area is 128 Å². The van der Waals surface area contributed by atoms with Crippen molar-refractivity contribution < 1.29 is 19.1 Å². The van der Waals surface area contributed by atoms with Crippen LogP contribution in [-0.4, -0.2) is 34.5 Å². The number of benzene rings is 1. The Morgan fingerprint density at radius 2 is 2.05 bits per heavy atom. The lowest BCUT2D eigenvalue weighted by Gasteiger charge is -2.35. The van der Waals surface area contributed by atoms with Gasteiger partial charge in [-0.25, -0.2) is 0 Å². The number of carbonyl (C=O) groups excluding carboxylic acids is 1. The Balaban J connectivity index is 1.88. The number of fused-ring (bicyclic) bond motifs is 1. The number of amides is 1. The second-order valence-electron chi connectivity index (χ2n) is 6.07. The average molecular weight is 301 g/mol. The monoisotopic (exact) mass is 301 g/mol. The molecule has 0 bridgehead atoms. The van der Waals surface area contributed by atoms with Crippen molar-refractivity contribution >= 4 is 22.8 Å². The molecule has 1 saturated heterocycles. The first kappa shape index (κ1) is 14.6. The van der Waals surface area contributed by atoms with Gasteiger partial charge in [0.1, 0.15) is 5.58 Å². The summed E-state index contributed by atoms with van der Waals surface area (Å²) >= 11 is 0. The van der Waals surface area contributed by atoms with E-state index in [4.69, 9.17) is 4.42 Å². The first-order chi connectivity index (χ1) is 10.5. The molecule has 1 amide bonds. The van der Waals surface area contributed by atoms with Gasteiger partial charge < -0.3 is 14.4 Å². The predicted molar refractivity (Wildman–Crippen MR) is 81.8 cm³/mol. The Bertz CT molecular complexity index is 733. The quantitative estimate of drug-likeness (QED) is 0.925. The maximum atomic E-state index is 12.7. The molecule has 2 unspecified atom stereocenters. The summed E-state index contributed by atoms with van der Waals surface area (Å²) in [7, 11) is 0. The van der Waals surface area contributed by atoms with Gasteiger partial charge in [0.05, 0.1) is 5.92 Å². The Morgan fingerprint density at radius 3 is 2.77 bits per heavy atom. The van der Waals surface area contributed by atoms with Gasteiger partial charge in [-0.1, -0.05) is 11.6 Å². The molecule has 1 aromatic heterocycles. The lowest BCUT2D eigenvalue weighted by molar-refractivity contribution is -0.143. The lowest BCUT2D eigenvalue weighted by Crippen LogP contribution is -2.47. The molecule has 1 aliphatic heterocycles. The van der Waals surface area contributed by atoms with Gasteiger partial charge in [-0.3, -0.25) is 9.59 Å². The van der Waals surface area contributed by atoms with E-state index in [0.717, 1.165) is 10.9 Å². The van der Waals surface area contributed by atoms with E-state index < -0.39 is 11.9 Å². The topological polar surface area (TPSA) is 70.8 Å². The summed E-state index contributed by atoms with van der Waals surface area (Å²) in [6, 6.07) is 7.51. The fraction of sp³-hybridized carbons (Fsp3) is 0.412. The van der Waals surface area contributed by atoms with Crippen molar-refractivity contribution in [3.8, 4) is 0 Å². The number of aryl methyl sites for hydroxylation is 1. The minimum atomic E-state index is -0.843. The molecule has 3 rings (SSSR count). The second-order valence-corrected chi connectivity index (χ2v) is 6.07. The van der Waals surface area contributed by atoms with Gasteiger partial charge in [-0.2, -0.15) is 0 Å². The van der Waals surface area contributed by atoms with E-state index in [2.05, 4.69) is 0 Å². The van der Waals surface area contributed by atoms with Gasteiger partial charge in [-0.05, 0) is 44.9 Å². The van der Waals surface area contributed by atoms with Gasteiger partial charge in [0.15, 0.2) is 5.76 Å². The minimum absolute atomic E-state index is 0.0260. The van der Waals surface area contributed by atoms with E-state index in [1.807, 2.05) is 32.0 Å². The van der Waals surface area contributed by atoms with Gasteiger partial charge >= 0.3 is 5.97 Å². The van der Waals surface area contributed by atoms with Gasteiger partial charge in [-0.15, -0.1) is 0 Å². The molecule has 0 saturated carbocycles. The van der Waals surface area contributed by atoms with Crippen LogP contribution in [0.4, 0.5) is 0 Å². The number of hydrogen-bond donors (Lipinski definition) is 1. The molecule has 2 heterocycles. The summed E-state index contributed by atoms with van der Waals surface area (Å²) in [5, 5.41) is 10.1. The number of piperidine rings is 1. The molecular formula is C17H19NO4. The lowest BCUT2D eigenvalue weighted by atomic mass is 9.93. The third kappa shape index (κ3) is 2.58. The first-order valence-corrected chi connectivity index (χ1v) is 7.49. The second kappa shape index (κ2) is 5.48. The fourth-order valence-electron chi connectivity index (χ4n) is 3.00. The number of rotatable bonds is 2. The summed E-state index contributed by atoms with van der Waals surface area (Å²) in [5.74, 6) is -1.29. The zero-order chi connectivity index (χ0) is 15.9. The molecule has 0 spiro atoms. The van der Waals surface area contributed by atoms with Gasteiger partial charge in [0.25, 0.3) is 5.91 Å². The van der Waals surface area contributed by atoms with E-state index in [-0.39, 0.29) is 24.3 Å². The summed E-state index contributed by atoms with van der Waals surface area (Å²) in [5.41, 5.74) is 1.78. The highest BCUT2D eigenvalue weighted by atomic mass is 16.4. The number of likely N-dealkylation sites (tertiary alicyclic amines) is 1. The average Bonchev–Trinajstić information content (AvgIpc) is 2.89. The fourth-order valence-corrected chi connectivity index (χ4v) is 3.00. The van der Waals surface area contributed by atoms with E-state index in [0.29, 0.717) is 18.4 Å². The number of hydrogen-bond acceptors (Lipinski definition) is 3. The smallest absolute Gasteiger partial charge is 0.308 e. The normalized spacial score (nSPS) is 22.0. The highest BCUT2D eigenvalue weighted by molar-refractivity contribution is 5.96. The largest absolute Gasteiger partial charge is 0.481 e. The van der Waals surface area contributed by atoms with E-state index >= 15 is 0 Å². The number of carbonyl (C=O) groups is 2. The number of furan rings is 1. The van der Waals surface area contributed by atoms with Crippen LogP contribution in [0.25, 0.3) is 11.0 Å². The molecule has 1 N–H and O–H groups in total. The molecular weight excluding hydrogens is 282 g/mol. The SMILES string of the molecule is Cc1ccc2oc(C(=O)N3CC(C(=O)O)CCC3C)cc2c1. The molecule has 1 aliphatic rings. The van der Waals surface area contributed by atoms with Crippen molar-refractivity contribution in [2.75, 3.05) is 6.54 Å². The molecule has 5 nitrogen and oxygen atoms in total. The number of carboxylic acids is 1. The van der Waals surface area contributed by atoms with Gasteiger partial charge in [0.2, 0.25) is 0 Å². The molecule has 2 atom stereocenters. The predicted octanol–water partition coefficient (Wildman–Crippen LogP) is 3.07. The minimum Gasteiger partial charge on any atom is -0.481 e. The van der Waals surface area contributed by atoms with Crippen LogP contribution in [0.15, 0.2) is 28.7 Å². The highest BCUT2D eigenvalue weighted by Gasteiger charge is 2.34. The van der Waals surface area contributed by atoms with Crippen LogP contribution in [0, 0.1) is 12.8 Å². The number of nitrogens with zero attached hydrogens (tertiary/aromatic N) is 1. The van der Waals surface area contributed by atoms with Crippen molar-refractivity contribution in [1.82, 2.24) is 4.90 Å². The summed E-state index contributed by atoms with van der Waals surface area (Å²) in [4.78, 5) is 25.5. The standard InChI is InChI=1S/C17H19NO4/c1-10-3-6-14-13(7-10)8-15(22-14)16(19)18-9-12(17(20)21)5-4-11(18)2/h3,6-8,11-12H,4-5,9H2,1-2H3,(H,20,21). The van der Waals surface area contributed by atoms with E-state index in [1.54, 1.807) is 11.0 Å². The van der Waals surface area contributed by atoms with Crippen molar-refractivity contribution in [3.05, 3.63) is 35.6 Å². The van der Waals surface area contributed by atoms with Crippen molar-refractivity contribution in [3.63, 3.8) is 0 Å². The van der Waals surface area contributed by atoms with E-state index in [1.165, 1.54) is 0 Å². The van der Waals surface area contributed by atoms with Crippen LogP contribution < -0.4 is 0 Å². The third-order valence-electron chi connectivity index (χ3n) is 4.37. The molecule has 22 heavy (non-hydrogen) atoms. The number of carboxylic acid groups (broad SMARTS) is 1. The summed E-state index contributed by atoms with van der Waals surface area (Å²) < 4.78 is 5.64.